The highest BCUT2D eigenvalue weighted by Crippen LogP contribution is 2.53. The molecule has 2 aromatic rings. The van der Waals surface area contributed by atoms with Gasteiger partial charge in [-0.3, -0.25) is 4.79 Å². The standard InChI is InChI=1S/C17H18NOS3/c1-9(2)15(19)20-16-13-11-8-10(3)6-7-12(11)18-17(4,5)14(13)21-22-16/h6-8,18H,1H2,2-5H3/q+1. The van der Waals surface area contributed by atoms with Gasteiger partial charge in [0.15, 0.2) is 10.3 Å². The number of benzene rings is 1. The highest BCUT2D eigenvalue weighted by atomic mass is 32.9. The Bertz CT molecular complexity index is 789. The Morgan fingerprint density at radius 3 is 2.82 bits per heavy atom. The summed E-state index contributed by atoms with van der Waals surface area (Å²) in [4.78, 5) is 13.4. The zero-order chi connectivity index (χ0) is 16.1. The number of nitrogens with one attached hydrogen (secondary N) is 1. The van der Waals surface area contributed by atoms with Crippen LogP contribution in [0.25, 0.3) is 11.1 Å². The van der Waals surface area contributed by atoms with Crippen LogP contribution in [0.4, 0.5) is 5.69 Å². The SMILES string of the molecule is C=C(C)C(=O)Sc1[s+]sc2c1-c1cc(C)ccc1NC2(C)C. The molecule has 1 aliphatic rings. The van der Waals surface area contributed by atoms with Gasteiger partial charge in [-0.05, 0) is 45.4 Å². The number of hydrogen-bond acceptors (Lipinski definition) is 4. The van der Waals surface area contributed by atoms with Gasteiger partial charge in [-0.15, -0.1) is 0 Å². The normalized spacial score (nSPS) is 14.7. The first kappa shape index (κ1) is 15.7. The Morgan fingerprint density at radius 2 is 2.14 bits per heavy atom. The van der Waals surface area contributed by atoms with Crippen LogP contribution in [-0.4, -0.2) is 5.12 Å². The lowest BCUT2D eigenvalue weighted by molar-refractivity contribution is -0.107. The molecule has 5 heteroatoms. The van der Waals surface area contributed by atoms with E-state index in [1.54, 1.807) is 27.6 Å². The van der Waals surface area contributed by atoms with Crippen LogP contribution in [0.15, 0.2) is 34.6 Å². The third kappa shape index (κ3) is 2.62. The maximum Gasteiger partial charge on any atom is 0.309 e. The van der Waals surface area contributed by atoms with Crippen molar-refractivity contribution in [1.82, 2.24) is 0 Å². The minimum absolute atomic E-state index is 0.0439. The van der Waals surface area contributed by atoms with Gasteiger partial charge >= 0.3 is 10.3 Å². The van der Waals surface area contributed by atoms with Crippen molar-refractivity contribution in [1.29, 1.82) is 0 Å². The van der Waals surface area contributed by atoms with E-state index in [1.807, 2.05) is 0 Å². The summed E-state index contributed by atoms with van der Waals surface area (Å²) in [5, 5.41) is 3.66. The Kier molecular flexibility index (Phi) is 3.91. The first-order valence-corrected chi connectivity index (χ1v) is 10.00. The lowest BCUT2D eigenvalue weighted by atomic mass is 9.89. The fourth-order valence-electron chi connectivity index (χ4n) is 2.51. The number of anilines is 1. The zero-order valence-corrected chi connectivity index (χ0v) is 15.5. The second kappa shape index (κ2) is 5.48. The number of aryl methyl sites for hydroxylation is 1. The van der Waals surface area contributed by atoms with Gasteiger partial charge < -0.3 is 5.32 Å². The van der Waals surface area contributed by atoms with Gasteiger partial charge in [0, 0.05) is 23.0 Å². The van der Waals surface area contributed by atoms with Crippen LogP contribution in [0, 0.1) is 6.92 Å². The average molecular weight is 349 g/mol. The Hall–Kier alpha value is -1.17. The van der Waals surface area contributed by atoms with Crippen molar-refractivity contribution in [3.05, 3.63) is 40.8 Å². The molecular formula is C17H18NOS3+. The van der Waals surface area contributed by atoms with E-state index < -0.39 is 0 Å². The van der Waals surface area contributed by atoms with Crippen molar-refractivity contribution < 1.29 is 4.79 Å². The molecule has 0 unspecified atom stereocenters. The van der Waals surface area contributed by atoms with E-state index in [4.69, 9.17) is 0 Å². The summed E-state index contributed by atoms with van der Waals surface area (Å²) in [6.45, 7) is 12.0. The second-order valence-corrected chi connectivity index (χ2v) is 9.52. The van der Waals surface area contributed by atoms with Crippen LogP contribution in [-0.2, 0) is 10.3 Å². The molecule has 0 amide bonds. The van der Waals surface area contributed by atoms with Crippen molar-refractivity contribution >= 4 is 43.2 Å². The van der Waals surface area contributed by atoms with Crippen LogP contribution in [0.3, 0.4) is 0 Å². The minimum Gasteiger partial charge on any atom is -0.375 e. The Morgan fingerprint density at radius 1 is 1.41 bits per heavy atom. The van der Waals surface area contributed by atoms with E-state index in [9.17, 15) is 4.79 Å². The van der Waals surface area contributed by atoms with Crippen LogP contribution in [0.2, 0.25) is 0 Å². The van der Waals surface area contributed by atoms with E-state index in [1.165, 1.54) is 33.3 Å². The van der Waals surface area contributed by atoms with Crippen molar-refractivity contribution in [2.24, 2.45) is 0 Å². The minimum atomic E-state index is -0.121. The summed E-state index contributed by atoms with van der Waals surface area (Å²) >= 11 is 1.31. The number of thioether (sulfide) groups is 1. The number of hydrogen-bond donors (Lipinski definition) is 1. The van der Waals surface area contributed by atoms with Crippen molar-refractivity contribution in [2.75, 3.05) is 5.32 Å². The molecule has 114 valence electrons. The van der Waals surface area contributed by atoms with E-state index in [0.29, 0.717) is 5.57 Å². The van der Waals surface area contributed by atoms with Crippen molar-refractivity contribution in [3.8, 4) is 11.1 Å². The molecule has 0 radical (unpaired) electrons. The molecule has 1 aromatic heterocycles. The maximum atomic E-state index is 12.1. The third-order valence-electron chi connectivity index (χ3n) is 3.62. The van der Waals surface area contributed by atoms with Gasteiger partial charge in [-0.1, -0.05) is 18.2 Å². The molecule has 1 aromatic carbocycles. The largest absolute Gasteiger partial charge is 0.375 e. The molecular weight excluding hydrogens is 330 g/mol. The van der Waals surface area contributed by atoms with Crippen LogP contribution in [0.5, 0.6) is 0 Å². The molecule has 2 nitrogen and oxygen atoms in total. The highest BCUT2D eigenvalue weighted by molar-refractivity contribution is 8.16. The van der Waals surface area contributed by atoms with Crippen LogP contribution < -0.4 is 5.32 Å². The molecule has 0 aliphatic carbocycles. The predicted molar refractivity (Wildman–Crippen MR) is 99.1 cm³/mol. The van der Waals surface area contributed by atoms with Gasteiger partial charge in [0.05, 0.1) is 11.1 Å². The predicted octanol–water partition coefficient (Wildman–Crippen LogP) is 5.92. The molecule has 2 heterocycles. The molecule has 0 saturated carbocycles. The van der Waals surface area contributed by atoms with Gasteiger partial charge in [0.25, 0.3) is 4.21 Å². The van der Waals surface area contributed by atoms with E-state index >= 15 is 0 Å². The van der Waals surface area contributed by atoms with Gasteiger partial charge in [-0.2, -0.15) is 0 Å². The Labute approximate surface area is 142 Å². The molecule has 0 saturated heterocycles. The molecule has 1 N–H and O–H groups in total. The fraction of sp³-hybridized carbons (Fsp3) is 0.294. The maximum absolute atomic E-state index is 12.1. The zero-order valence-electron chi connectivity index (χ0n) is 13.1. The third-order valence-corrected chi connectivity index (χ3v) is 7.93. The van der Waals surface area contributed by atoms with E-state index in [-0.39, 0.29) is 10.7 Å². The lowest BCUT2D eigenvalue weighted by Crippen LogP contribution is -2.30. The molecule has 0 atom stereocenters. The summed E-state index contributed by atoms with van der Waals surface area (Å²) in [6.07, 6.45) is 0. The fourth-order valence-corrected chi connectivity index (χ4v) is 6.88. The number of fused-ring (bicyclic) bond motifs is 3. The molecule has 0 bridgehead atoms. The summed E-state index contributed by atoms with van der Waals surface area (Å²) in [5.41, 5.74) is 5.25. The quantitative estimate of drug-likeness (QED) is 0.316. The molecule has 0 fully saturated rings. The molecule has 22 heavy (non-hydrogen) atoms. The van der Waals surface area contributed by atoms with Gasteiger partial charge in [0.1, 0.15) is 4.88 Å². The first-order valence-electron chi connectivity index (χ1n) is 7.03. The average Bonchev–Trinajstić information content (AvgIpc) is 2.84. The van der Waals surface area contributed by atoms with Crippen LogP contribution >= 0.6 is 32.4 Å². The molecule has 0 spiro atoms. The van der Waals surface area contributed by atoms with Gasteiger partial charge in [-0.25, -0.2) is 0 Å². The van der Waals surface area contributed by atoms with Gasteiger partial charge in [0.2, 0.25) is 5.12 Å². The highest BCUT2D eigenvalue weighted by Gasteiger charge is 2.40. The number of carbonyl (C=O) groups is 1. The molecule has 3 rings (SSSR count). The summed E-state index contributed by atoms with van der Waals surface area (Å²) in [5.74, 6) is 0. The van der Waals surface area contributed by atoms with Crippen molar-refractivity contribution in [2.45, 2.75) is 37.4 Å². The topological polar surface area (TPSA) is 29.1 Å². The Balaban J connectivity index is 2.18. The number of carbonyl (C=O) groups excluding carboxylic acids is 1. The van der Waals surface area contributed by atoms with Crippen molar-refractivity contribution in [3.63, 3.8) is 0 Å². The summed E-state index contributed by atoms with van der Waals surface area (Å²) in [7, 11) is 3.44. The van der Waals surface area contributed by atoms with Crippen LogP contribution in [0.1, 0.15) is 31.2 Å². The number of rotatable bonds is 2. The monoisotopic (exact) mass is 348 g/mol. The van der Waals surface area contributed by atoms with E-state index in [2.05, 4.69) is 50.9 Å². The lowest BCUT2D eigenvalue weighted by Gasteiger charge is -2.32. The smallest absolute Gasteiger partial charge is 0.309 e. The first-order chi connectivity index (χ1) is 10.3. The second-order valence-electron chi connectivity index (χ2n) is 6.13. The molecule has 1 aliphatic heterocycles. The summed E-state index contributed by atoms with van der Waals surface area (Å²) < 4.78 is 1.08. The van der Waals surface area contributed by atoms with E-state index in [0.717, 1.165) is 9.90 Å². The summed E-state index contributed by atoms with van der Waals surface area (Å²) in [6, 6.07) is 6.45.